The molecule has 1 aromatic heterocycles. The summed E-state index contributed by atoms with van der Waals surface area (Å²) >= 11 is 0. The van der Waals surface area contributed by atoms with Gasteiger partial charge in [-0.3, -0.25) is 9.78 Å². The first-order chi connectivity index (χ1) is 8.22. The molecule has 0 aliphatic heterocycles. The lowest BCUT2D eigenvalue weighted by Gasteiger charge is -2.06. The molecule has 0 bridgehead atoms. The Kier molecular flexibility index (Phi) is 3.38. The van der Waals surface area contributed by atoms with Gasteiger partial charge in [-0.1, -0.05) is 18.2 Å². The fourth-order valence-corrected chi connectivity index (χ4v) is 1.95. The first-order valence-electron chi connectivity index (χ1n) is 5.62. The van der Waals surface area contributed by atoms with E-state index in [9.17, 15) is 4.79 Å². The van der Waals surface area contributed by atoms with Gasteiger partial charge in [0.1, 0.15) is 0 Å². The van der Waals surface area contributed by atoms with Gasteiger partial charge in [-0.25, -0.2) is 0 Å². The third-order valence-corrected chi connectivity index (χ3v) is 2.90. The number of nitrogens with zero attached hydrogens (tertiary/aromatic N) is 1. The van der Waals surface area contributed by atoms with Gasteiger partial charge in [-0.2, -0.15) is 0 Å². The van der Waals surface area contributed by atoms with Gasteiger partial charge in [-0.15, -0.1) is 0 Å². The van der Waals surface area contributed by atoms with Crippen LogP contribution >= 0.6 is 0 Å². The van der Waals surface area contributed by atoms with Gasteiger partial charge >= 0.3 is 5.97 Å². The van der Waals surface area contributed by atoms with Crippen molar-refractivity contribution in [3.63, 3.8) is 0 Å². The summed E-state index contributed by atoms with van der Waals surface area (Å²) in [6.45, 7) is 2.08. The van der Waals surface area contributed by atoms with Crippen LogP contribution in [0, 0.1) is 6.92 Å². The number of aryl methyl sites for hydroxylation is 2. The van der Waals surface area contributed by atoms with Gasteiger partial charge in [0, 0.05) is 23.7 Å². The zero-order chi connectivity index (χ0) is 12.3. The first kappa shape index (κ1) is 11.6. The number of pyridine rings is 1. The van der Waals surface area contributed by atoms with E-state index in [2.05, 4.69) is 22.7 Å². The van der Waals surface area contributed by atoms with Gasteiger partial charge in [0.05, 0.1) is 13.5 Å². The third-order valence-electron chi connectivity index (χ3n) is 2.90. The summed E-state index contributed by atoms with van der Waals surface area (Å²) in [5.41, 5.74) is 2.18. The quantitative estimate of drug-likeness (QED) is 0.759. The number of hydrogen-bond donors (Lipinski definition) is 0. The maximum Gasteiger partial charge on any atom is 0.305 e. The van der Waals surface area contributed by atoms with Crippen LogP contribution in [-0.2, 0) is 16.0 Å². The number of aromatic nitrogens is 1. The Labute approximate surface area is 100 Å². The molecule has 88 valence electrons. The molecule has 1 aromatic carbocycles. The highest BCUT2D eigenvalue weighted by molar-refractivity contribution is 5.87. The SMILES string of the molecule is COC(=O)CCc1nccc2c(C)cccc12. The average Bonchev–Trinajstić information content (AvgIpc) is 2.36. The van der Waals surface area contributed by atoms with Crippen LogP contribution in [-0.4, -0.2) is 18.1 Å². The van der Waals surface area contributed by atoms with E-state index >= 15 is 0 Å². The predicted octanol–water partition coefficient (Wildman–Crippen LogP) is 2.65. The lowest BCUT2D eigenvalue weighted by Crippen LogP contribution is -2.03. The molecule has 17 heavy (non-hydrogen) atoms. The van der Waals surface area contributed by atoms with Crippen LogP contribution in [0.5, 0.6) is 0 Å². The molecular formula is C14H15NO2. The molecule has 3 heteroatoms. The number of benzene rings is 1. The van der Waals surface area contributed by atoms with Gasteiger partial charge in [0.2, 0.25) is 0 Å². The minimum Gasteiger partial charge on any atom is -0.469 e. The second-order valence-electron chi connectivity index (χ2n) is 4.00. The molecule has 0 aliphatic rings. The standard InChI is InChI=1S/C14H15NO2/c1-10-4-3-5-12-11(10)8-9-15-13(12)6-7-14(16)17-2/h3-5,8-9H,6-7H2,1-2H3. The van der Waals surface area contributed by atoms with Gasteiger partial charge < -0.3 is 4.74 Å². The Hall–Kier alpha value is -1.90. The Morgan fingerprint density at radius 2 is 2.12 bits per heavy atom. The number of hydrogen-bond acceptors (Lipinski definition) is 3. The van der Waals surface area contributed by atoms with Gasteiger partial charge in [-0.05, 0) is 23.9 Å². The summed E-state index contributed by atoms with van der Waals surface area (Å²) in [5.74, 6) is -0.198. The highest BCUT2D eigenvalue weighted by Gasteiger charge is 2.07. The summed E-state index contributed by atoms with van der Waals surface area (Å²) < 4.78 is 4.64. The first-order valence-corrected chi connectivity index (χ1v) is 5.62. The second kappa shape index (κ2) is 4.95. The van der Waals surface area contributed by atoms with E-state index in [1.54, 1.807) is 6.20 Å². The highest BCUT2D eigenvalue weighted by Crippen LogP contribution is 2.21. The molecular weight excluding hydrogens is 214 g/mol. The van der Waals surface area contributed by atoms with Crippen molar-refractivity contribution >= 4 is 16.7 Å². The fourth-order valence-electron chi connectivity index (χ4n) is 1.95. The van der Waals surface area contributed by atoms with Crippen molar-refractivity contribution in [1.82, 2.24) is 4.98 Å². The third kappa shape index (κ3) is 2.44. The summed E-state index contributed by atoms with van der Waals surface area (Å²) in [6, 6.07) is 8.14. The second-order valence-corrected chi connectivity index (χ2v) is 4.00. The molecule has 3 nitrogen and oxygen atoms in total. The van der Waals surface area contributed by atoms with Crippen LogP contribution < -0.4 is 0 Å². The van der Waals surface area contributed by atoms with Crippen molar-refractivity contribution in [2.75, 3.05) is 7.11 Å². The van der Waals surface area contributed by atoms with E-state index in [-0.39, 0.29) is 5.97 Å². The number of esters is 1. The number of methoxy groups -OCH3 is 1. The lowest BCUT2D eigenvalue weighted by molar-refractivity contribution is -0.140. The maximum atomic E-state index is 11.1. The van der Waals surface area contributed by atoms with E-state index < -0.39 is 0 Å². The molecule has 0 atom stereocenters. The van der Waals surface area contributed by atoms with E-state index in [1.165, 1.54) is 18.1 Å². The zero-order valence-corrected chi connectivity index (χ0v) is 10.1. The van der Waals surface area contributed by atoms with Gasteiger partial charge in [0.15, 0.2) is 0 Å². The largest absolute Gasteiger partial charge is 0.469 e. The van der Waals surface area contributed by atoms with Gasteiger partial charge in [0.25, 0.3) is 0 Å². The number of ether oxygens (including phenoxy) is 1. The number of fused-ring (bicyclic) bond motifs is 1. The molecule has 0 aliphatic carbocycles. The molecule has 0 radical (unpaired) electrons. The zero-order valence-electron chi connectivity index (χ0n) is 10.1. The minimum atomic E-state index is -0.198. The van der Waals surface area contributed by atoms with Crippen LogP contribution in [0.25, 0.3) is 10.8 Å². The van der Waals surface area contributed by atoms with E-state index in [0.29, 0.717) is 12.8 Å². The number of rotatable bonds is 3. The maximum absolute atomic E-state index is 11.1. The topological polar surface area (TPSA) is 39.2 Å². The summed E-state index contributed by atoms with van der Waals surface area (Å²) in [4.78, 5) is 15.5. The molecule has 0 fully saturated rings. The summed E-state index contributed by atoms with van der Waals surface area (Å²) in [5, 5.41) is 2.32. The van der Waals surface area contributed by atoms with Crippen molar-refractivity contribution in [3.05, 3.63) is 41.7 Å². The van der Waals surface area contributed by atoms with Crippen LogP contribution in [0.2, 0.25) is 0 Å². The summed E-state index contributed by atoms with van der Waals surface area (Å²) in [7, 11) is 1.41. The highest BCUT2D eigenvalue weighted by atomic mass is 16.5. The fraction of sp³-hybridized carbons (Fsp3) is 0.286. The van der Waals surface area contributed by atoms with Crippen LogP contribution in [0.1, 0.15) is 17.7 Å². The Balaban J connectivity index is 2.34. The molecule has 0 amide bonds. The van der Waals surface area contributed by atoms with E-state index in [4.69, 9.17) is 0 Å². The molecule has 2 rings (SSSR count). The molecule has 0 N–H and O–H groups in total. The molecule has 0 saturated heterocycles. The average molecular weight is 229 g/mol. The van der Waals surface area contributed by atoms with Crippen molar-refractivity contribution in [2.24, 2.45) is 0 Å². The minimum absolute atomic E-state index is 0.198. The molecule has 2 aromatic rings. The Morgan fingerprint density at radius 1 is 1.29 bits per heavy atom. The smallest absolute Gasteiger partial charge is 0.305 e. The normalized spacial score (nSPS) is 10.5. The number of carbonyl (C=O) groups is 1. The van der Waals surface area contributed by atoms with E-state index in [1.807, 2.05) is 18.2 Å². The summed E-state index contributed by atoms with van der Waals surface area (Å²) in [6.07, 6.45) is 2.78. The molecule has 0 unspecified atom stereocenters. The van der Waals surface area contributed by atoms with Crippen molar-refractivity contribution in [1.29, 1.82) is 0 Å². The monoisotopic (exact) mass is 229 g/mol. The van der Waals surface area contributed by atoms with Crippen molar-refractivity contribution in [2.45, 2.75) is 19.8 Å². The lowest BCUT2D eigenvalue weighted by atomic mass is 10.0. The van der Waals surface area contributed by atoms with Crippen molar-refractivity contribution < 1.29 is 9.53 Å². The Morgan fingerprint density at radius 3 is 2.88 bits per heavy atom. The van der Waals surface area contributed by atoms with Crippen molar-refractivity contribution in [3.8, 4) is 0 Å². The van der Waals surface area contributed by atoms with Crippen LogP contribution in [0.15, 0.2) is 30.5 Å². The molecule has 1 heterocycles. The van der Waals surface area contributed by atoms with Crippen LogP contribution in [0.4, 0.5) is 0 Å². The molecule has 0 spiro atoms. The predicted molar refractivity (Wildman–Crippen MR) is 66.8 cm³/mol. The van der Waals surface area contributed by atoms with Crippen LogP contribution in [0.3, 0.4) is 0 Å². The molecule has 0 saturated carbocycles. The Bertz CT molecular complexity index is 549. The number of carbonyl (C=O) groups excluding carboxylic acids is 1. The van der Waals surface area contributed by atoms with E-state index in [0.717, 1.165) is 11.1 Å².